The second kappa shape index (κ2) is 6.44. The van der Waals surface area contributed by atoms with Crippen molar-refractivity contribution in [3.63, 3.8) is 0 Å². The van der Waals surface area contributed by atoms with Crippen molar-refractivity contribution >= 4 is 12.2 Å². The predicted octanol–water partition coefficient (Wildman–Crippen LogP) is 4.72. The van der Waals surface area contributed by atoms with Crippen LogP contribution in [0.5, 0.6) is 0 Å². The highest BCUT2D eigenvalue weighted by Crippen LogP contribution is 2.17. The number of hydrogen-bond donors (Lipinski definition) is 0. The highest BCUT2D eigenvalue weighted by molar-refractivity contribution is 5.71. The van der Waals surface area contributed by atoms with Crippen molar-refractivity contribution in [1.82, 2.24) is 9.55 Å². The van der Waals surface area contributed by atoms with E-state index in [1.165, 1.54) is 22.3 Å². The summed E-state index contributed by atoms with van der Waals surface area (Å²) in [4.78, 5) is 4.29. The Labute approximate surface area is 131 Å². The van der Waals surface area contributed by atoms with Gasteiger partial charge in [0.1, 0.15) is 0 Å². The maximum absolute atomic E-state index is 4.29. The molecule has 22 heavy (non-hydrogen) atoms. The molecular formula is C20H20N2. The minimum Gasteiger partial charge on any atom is -0.327 e. The quantitative estimate of drug-likeness (QED) is 0.679. The third kappa shape index (κ3) is 3.17. The number of benzene rings is 2. The molecule has 3 aromatic rings. The van der Waals surface area contributed by atoms with Crippen LogP contribution >= 0.6 is 0 Å². The average molecular weight is 288 g/mol. The van der Waals surface area contributed by atoms with E-state index in [2.05, 4.69) is 78.0 Å². The van der Waals surface area contributed by atoms with E-state index in [-0.39, 0.29) is 0 Å². The Kier molecular flexibility index (Phi) is 4.19. The fourth-order valence-electron chi connectivity index (χ4n) is 2.64. The lowest BCUT2D eigenvalue weighted by Gasteiger charge is -2.07. The lowest BCUT2D eigenvalue weighted by Crippen LogP contribution is -1.99. The first-order valence-corrected chi connectivity index (χ1v) is 7.52. The molecule has 0 bridgehead atoms. The normalized spacial score (nSPS) is 11.2. The van der Waals surface area contributed by atoms with E-state index in [9.17, 15) is 0 Å². The van der Waals surface area contributed by atoms with Crippen LogP contribution in [0.1, 0.15) is 27.9 Å². The van der Waals surface area contributed by atoms with Gasteiger partial charge in [-0.1, -0.05) is 54.6 Å². The lowest BCUT2D eigenvalue weighted by atomic mass is 10.0. The van der Waals surface area contributed by atoms with Crippen LogP contribution in [0, 0.1) is 13.8 Å². The maximum atomic E-state index is 4.29. The van der Waals surface area contributed by atoms with Gasteiger partial charge in [0.05, 0.1) is 18.2 Å². The Balaban J connectivity index is 1.85. The number of hydrogen-bond acceptors (Lipinski definition) is 1. The van der Waals surface area contributed by atoms with Gasteiger partial charge < -0.3 is 4.57 Å². The summed E-state index contributed by atoms with van der Waals surface area (Å²) in [6.07, 6.45) is 8.12. The van der Waals surface area contributed by atoms with Crippen LogP contribution in [0.2, 0.25) is 0 Å². The highest BCUT2D eigenvalue weighted by atomic mass is 15.0. The molecule has 0 fully saturated rings. The molecule has 0 unspecified atom stereocenters. The number of rotatable bonds is 4. The molecule has 0 aliphatic heterocycles. The van der Waals surface area contributed by atoms with Crippen LogP contribution in [-0.2, 0) is 6.54 Å². The second-order valence-electron chi connectivity index (χ2n) is 5.57. The zero-order valence-corrected chi connectivity index (χ0v) is 13.0. The van der Waals surface area contributed by atoms with E-state index in [4.69, 9.17) is 0 Å². The third-order valence-corrected chi connectivity index (χ3v) is 3.90. The summed E-state index contributed by atoms with van der Waals surface area (Å²) in [6.45, 7) is 5.13. The molecule has 3 rings (SSSR count). The molecule has 1 aromatic heterocycles. The topological polar surface area (TPSA) is 17.8 Å². The highest BCUT2D eigenvalue weighted by Gasteiger charge is 2.01. The Morgan fingerprint density at radius 2 is 1.64 bits per heavy atom. The zero-order valence-electron chi connectivity index (χ0n) is 13.0. The first-order valence-electron chi connectivity index (χ1n) is 7.52. The van der Waals surface area contributed by atoms with Crippen LogP contribution < -0.4 is 0 Å². The third-order valence-electron chi connectivity index (χ3n) is 3.90. The van der Waals surface area contributed by atoms with Crippen molar-refractivity contribution in [1.29, 1.82) is 0 Å². The van der Waals surface area contributed by atoms with Gasteiger partial charge in [0.2, 0.25) is 0 Å². The van der Waals surface area contributed by atoms with Crippen molar-refractivity contribution in [2.45, 2.75) is 20.4 Å². The predicted molar refractivity (Wildman–Crippen MR) is 92.6 cm³/mol. The van der Waals surface area contributed by atoms with Gasteiger partial charge in [-0.05, 0) is 42.2 Å². The summed E-state index contributed by atoms with van der Waals surface area (Å²) in [6, 6.07) is 16.8. The largest absolute Gasteiger partial charge is 0.327 e. The van der Waals surface area contributed by atoms with Crippen LogP contribution in [0.15, 0.2) is 61.1 Å². The monoisotopic (exact) mass is 288 g/mol. The number of aromatic nitrogens is 2. The molecule has 0 aliphatic carbocycles. The van der Waals surface area contributed by atoms with E-state index in [0.29, 0.717) is 0 Å². The molecule has 1 heterocycles. The number of aryl methyl sites for hydroxylation is 2. The van der Waals surface area contributed by atoms with E-state index < -0.39 is 0 Å². The summed E-state index contributed by atoms with van der Waals surface area (Å²) < 4.78 is 2.17. The van der Waals surface area contributed by atoms with E-state index in [1.807, 2.05) is 18.6 Å². The summed E-state index contributed by atoms with van der Waals surface area (Å²) in [5.41, 5.74) is 6.28. The van der Waals surface area contributed by atoms with Crippen molar-refractivity contribution in [3.05, 3.63) is 89.0 Å². The molecule has 0 radical (unpaired) electrons. The summed E-state index contributed by atoms with van der Waals surface area (Å²) in [5, 5.41) is 0. The molecule has 0 spiro atoms. The van der Waals surface area contributed by atoms with Gasteiger partial charge in [-0.2, -0.15) is 0 Å². The fraction of sp³-hybridized carbons (Fsp3) is 0.150. The lowest BCUT2D eigenvalue weighted by molar-refractivity contribution is 0.790. The van der Waals surface area contributed by atoms with E-state index in [0.717, 1.165) is 12.2 Å². The van der Waals surface area contributed by atoms with Gasteiger partial charge >= 0.3 is 0 Å². The van der Waals surface area contributed by atoms with Crippen LogP contribution in [-0.4, -0.2) is 9.55 Å². The standard InChI is InChI=1S/C20H20N2/c1-16-7-6-8-17(2)20(16)12-11-19-13-21-15-22(19)14-18-9-4-3-5-10-18/h3-13,15H,14H2,1-2H3. The molecule has 2 nitrogen and oxygen atoms in total. The van der Waals surface area contributed by atoms with Gasteiger partial charge in [0.15, 0.2) is 0 Å². The molecule has 0 amide bonds. The molecule has 110 valence electrons. The van der Waals surface area contributed by atoms with Crippen molar-refractivity contribution in [2.24, 2.45) is 0 Å². The second-order valence-corrected chi connectivity index (χ2v) is 5.57. The minimum atomic E-state index is 0.841. The Bertz CT molecular complexity index is 762. The van der Waals surface area contributed by atoms with Gasteiger partial charge in [-0.15, -0.1) is 0 Å². The van der Waals surface area contributed by atoms with Crippen molar-refractivity contribution in [3.8, 4) is 0 Å². The molecule has 2 aromatic carbocycles. The SMILES string of the molecule is Cc1cccc(C)c1C=Cc1cncn1Cc1ccccc1. The summed E-state index contributed by atoms with van der Waals surface area (Å²) >= 11 is 0. The van der Waals surface area contributed by atoms with Gasteiger partial charge in [0, 0.05) is 6.54 Å². The Morgan fingerprint density at radius 1 is 0.909 bits per heavy atom. The Morgan fingerprint density at radius 3 is 2.36 bits per heavy atom. The van der Waals surface area contributed by atoms with Gasteiger partial charge in [-0.3, -0.25) is 0 Å². The average Bonchev–Trinajstić information content (AvgIpc) is 2.95. The van der Waals surface area contributed by atoms with Gasteiger partial charge in [0.25, 0.3) is 0 Å². The maximum Gasteiger partial charge on any atom is 0.0953 e. The molecule has 0 aliphatic rings. The molecule has 0 saturated carbocycles. The molecular weight excluding hydrogens is 268 g/mol. The summed E-state index contributed by atoms with van der Waals surface area (Å²) in [5.74, 6) is 0. The fourth-order valence-corrected chi connectivity index (χ4v) is 2.64. The molecule has 0 N–H and O–H groups in total. The van der Waals surface area contributed by atoms with Crippen LogP contribution in [0.4, 0.5) is 0 Å². The number of nitrogens with zero attached hydrogens (tertiary/aromatic N) is 2. The molecule has 0 saturated heterocycles. The molecule has 0 atom stereocenters. The van der Waals surface area contributed by atoms with E-state index >= 15 is 0 Å². The molecule has 2 heteroatoms. The van der Waals surface area contributed by atoms with Gasteiger partial charge in [-0.25, -0.2) is 4.98 Å². The van der Waals surface area contributed by atoms with E-state index in [1.54, 1.807) is 0 Å². The van der Waals surface area contributed by atoms with Crippen LogP contribution in [0.3, 0.4) is 0 Å². The first kappa shape index (κ1) is 14.3. The Hall–Kier alpha value is -2.61. The first-order chi connectivity index (χ1) is 10.7. The summed E-state index contributed by atoms with van der Waals surface area (Å²) in [7, 11) is 0. The minimum absolute atomic E-state index is 0.841. The van der Waals surface area contributed by atoms with Crippen molar-refractivity contribution < 1.29 is 0 Å². The smallest absolute Gasteiger partial charge is 0.0953 e. The van der Waals surface area contributed by atoms with Crippen molar-refractivity contribution in [2.75, 3.05) is 0 Å². The van der Waals surface area contributed by atoms with Crippen LogP contribution in [0.25, 0.3) is 12.2 Å². The number of imidazole rings is 1. The zero-order chi connectivity index (χ0) is 15.4.